The minimum absolute atomic E-state index is 0.0199. The molecule has 0 spiro atoms. The monoisotopic (exact) mass is 353 g/mol. The average molecular weight is 353 g/mol. The van der Waals surface area contributed by atoms with E-state index in [0.29, 0.717) is 17.9 Å². The molecule has 136 valence electrons. The number of para-hydroxylation sites is 4. The summed E-state index contributed by atoms with van der Waals surface area (Å²) in [5, 5.41) is 12.9. The van der Waals surface area contributed by atoms with E-state index in [1.165, 1.54) is 0 Å². The lowest BCUT2D eigenvalue weighted by atomic mass is 10.1. The first-order valence-electron chi connectivity index (χ1n) is 9.05. The van der Waals surface area contributed by atoms with Crippen molar-refractivity contribution in [1.82, 2.24) is 10.2 Å². The molecule has 6 heteroatoms. The number of hydrogen-bond donors (Lipinski definition) is 2. The first-order valence-corrected chi connectivity index (χ1v) is 9.05. The van der Waals surface area contributed by atoms with E-state index >= 15 is 0 Å². The predicted molar refractivity (Wildman–Crippen MR) is 100 cm³/mol. The number of aliphatic hydroxyl groups is 1. The van der Waals surface area contributed by atoms with E-state index in [2.05, 4.69) is 10.2 Å². The summed E-state index contributed by atoms with van der Waals surface area (Å²) in [5.41, 5.74) is 1.49. The standard InChI is InChI=1S/C20H23N3O3/c24-14-9-17(22-12-10-21-11-13-22)20(25)23-15-5-1-3-7-18(15)26-19-8-4-2-6-16(19)23/h1-8,17,21,24H,9-14H2. The zero-order chi connectivity index (χ0) is 17.9. The van der Waals surface area contributed by atoms with Crippen molar-refractivity contribution in [3.8, 4) is 11.5 Å². The number of aliphatic hydroxyl groups excluding tert-OH is 1. The molecule has 2 aromatic rings. The highest BCUT2D eigenvalue weighted by atomic mass is 16.5. The minimum Gasteiger partial charge on any atom is -0.453 e. The highest BCUT2D eigenvalue weighted by Crippen LogP contribution is 2.46. The Kier molecular flexibility index (Phi) is 4.88. The van der Waals surface area contributed by atoms with Crippen LogP contribution in [0.25, 0.3) is 0 Å². The van der Waals surface area contributed by atoms with E-state index in [9.17, 15) is 9.90 Å². The molecule has 0 bridgehead atoms. The zero-order valence-corrected chi connectivity index (χ0v) is 14.6. The number of piperazine rings is 1. The Bertz CT molecular complexity index is 744. The Morgan fingerprint density at radius 1 is 1.04 bits per heavy atom. The summed E-state index contributed by atoms with van der Waals surface area (Å²) in [6.07, 6.45) is 0.417. The molecule has 1 atom stereocenters. The van der Waals surface area contributed by atoms with Crippen LogP contribution in [0.2, 0.25) is 0 Å². The summed E-state index contributed by atoms with van der Waals surface area (Å²) in [4.78, 5) is 17.5. The summed E-state index contributed by atoms with van der Waals surface area (Å²) >= 11 is 0. The van der Waals surface area contributed by atoms with Crippen LogP contribution in [0.1, 0.15) is 6.42 Å². The van der Waals surface area contributed by atoms with Gasteiger partial charge in [0.2, 0.25) is 5.91 Å². The molecule has 2 aliphatic rings. The minimum atomic E-state index is -0.360. The van der Waals surface area contributed by atoms with Gasteiger partial charge in [0.25, 0.3) is 0 Å². The summed E-state index contributed by atoms with van der Waals surface area (Å²) in [5.74, 6) is 1.31. The fourth-order valence-corrected chi connectivity index (χ4v) is 3.67. The number of rotatable bonds is 4. The first kappa shape index (κ1) is 17.0. The van der Waals surface area contributed by atoms with Crippen LogP contribution in [0.5, 0.6) is 11.5 Å². The van der Waals surface area contributed by atoms with E-state index < -0.39 is 0 Å². The van der Waals surface area contributed by atoms with E-state index in [1.54, 1.807) is 4.90 Å². The normalized spacial score (nSPS) is 17.8. The van der Waals surface area contributed by atoms with Crippen LogP contribution in [-0.4, -0.2) is 54.7 Å². The first-order chi connectivity index (χ1) is 12.8. The van der Waals surface area contributed by atoms with Crippen LogP contribution in [-0.2, 0) is 4.79 Å². The predicted octanol–water partition coefficient (Wildman–Crippen LogP) is 2.11. The van der Waals surface area contributed by atoms with Crippen molar-refractivity contribution in [2.45, 2.75) is 12.5 Å². The van der Waals surface area contributed by atoms with Crippen LogP contribution in [0.15, 0.2) is 48.5 Å². The summed E-state index contributed by atoms with van der Waals surface area (Å²) in [6.45, 7) is 3.28. The van der Waals surface area contributed by atoms with Crippen molar-refractivity contribution in [2.24, 2.45) is 0 Å². The lowest BCUT2D eigenvalue weighted by molar-refractivity contribution is -0.124. The summed E-state index contributed by atoms with van der Waals surface area (Å²) < 4.78 is 5.98. The lowest BCUT2D eigenvalue weighted by Crippen LogP contribution is -2.54. The van der Waals surface area contributed by atoms with Gasteiger partial charge in [-0.1, -0.05) is 24.3 Å². The smallest absolute Gasteiger partial charge is 0.249 e. The van der Waals surface area contributed by atoms with Crippen LogP contribution >= 0.6 is 0 Å². The maximum absolute atomic E-state index is 13.6. The Morgan fingerprint density at radius 3 is 2.19 bits per heavy atom. The number of nitrogens with zero attached hydrogens (tertiary/aromatic N) is 2. The molecule has 6 nitrogen and oxygen atoms in total. The number of hydrogen-bond acceptors (Lipinski definition) is 5. The number of carbonyl (C=O) groups is 1. The quantitative estimate of drug-likeness (QED) is 0.881. The fraction of sp³-hybridized carbons (Fsp3) is 0.350. The molecule has 2 heterocycles. The maximum Gasteiger partial charge on any atom is 0.249 e. The third-order valence-corrected chi connectivity index (χ3v) is 4.93. The van der Waals surface area contributed by atoms with Crippen molar-refractivity contribution in [3.05, 3.63) is 48.5 Å². The third kappa shape index (κ3) is 3.07. The Balaban J connectivity index is 1.74. The second kappa shape index (κ2) is 7.45. The number of ether oxygens (including phenoxy) is 1. The average Bonchev–Trinajstić information content (AvgIpc) is 2.70. The van der Waals surface area contributed by atoms with Gasteiger partial charge in [-0.25, -0.2) is 0 Å². The van der Waals surface area contributed by atoms with Gasteiger partial charge >= 0.3 is 0 Å². The molecular formula is C20H23N3O3. The van der Waals surface area contributed by atoms with Crippen LogP contribution < -0.4 is 15.0 Å². The van der Waals surface area contributed by atoms with E-state index in [4.69, 9.17) is 4.74 Å². The van der Waals surface area contributed by atoms with Gasteiger partial charge in [-0.2, -0.15) is 0 Å². The molecule has 2 N–H and O–H groups in total. The van der Waals surface area contributed by atoms with Gasteiger partial charge in [0.15, 0.2) is 11.5 Å². The molecule has 1 amide bonds. The van der Waals surface area contributed by atoms with E-state index in [-0.39, 0.29) is 18.6 Å². The van der Waals surface area contributed by atoms with Gasteiger partial charge in [-0.15, -0.1) is 0 Å². The third-order valence-electron chi connectivity index (χ3n) is 4.93. The van der Waals surface area contributed by atoms with Crippen LogP contribution in [0.4, 0.5) is 11.4 Å². The van der Waals surface area contributed by atoms with Crippen molar-refractivity contribution in [1.29, 1.82) is 0 Å². The molecule has 0 radical (unpaired) electrons. The Morgan fingerprint density at radius 2 is 1.62 bits per heavy atom. The lowest BCUT2D eigenvalue weighted by Gasteiger charge is -2.38. The molecule has 2 aromatic carbocycles. The Hall–Kier alpha value is -2.41. The number of nitrogens with one attached hydrogen (secondary N) is 1. The maximum atomic E-state index is 13.6. The van der Waals surface area contributed by atoms with Gasteiger partial charge in [0, 0.05) is 32.8 Å². The van der Waals surface area contributed by atoms with Crippen molar-refractivity contribution >= 4 is 17.3 Å². The molecule has 0 aliphatic carbocycles. The Labute approximate surface area is 153 Å². The highest BCUT2D eigenvalue weighted by Gasteiger charge is 2.36. The summed E-state index contributed by atoms with van der Waals surface area (Å²) in [6, 6.07) is 14.8. The van der Waals surface area contributed by atoms with Gasteiger partial charge in [0.05, 0.1) is 17.4 Å². The molecule has 1 saturated heterocycles. The SMILES string of the molecule is O=C(C(CCO)N1CCNCC1)N1c2ccccc2Oc2ccccc21. The van der Waals surface area contributed by atoms with Crippen molar-refractivity contribution in [3.63, 3.8) is 0 Å². The number of amides is 1. The second-order valence-electron chi connectivity index (χ2n) is 6.53. The molecule has 26 heavy (non-hydrogen) atoms. The largest absolute Gasteiger partial charge is 0.453 e. The van der Waals surface area contributed by atoms with E-state index in [1.807, 2.05) is 48.5 Å². The molecule has 1 fully saturated rings. The van der Waals surface area contributed by atoms with E-state index in [0.717, 1.165) is 37.6 Å². The second-order valence-corrected chi connectivity index (χ2v) is 6.53. The van der Waals surface area contributed by atoms with Crippen molar-refractivity contribution in [2.75, 3.05) is 37.7 Å². The van der Waals surface area contributed by atoms with Gasteiger partial charge in [-0.05, 0) is 30.7 Å². The number of anilines is 2. The molecule has 2 aliphatic heterocycles. The molecular weight excluding hydrogens is 330 g/mol. The number of benzene rings is 2. The highest BCUT2D eigenvalue weighted by molar-refractivity contribution is 6.06. The molecule has 1 unspecified atom stereocenters. The van der Waals surface area contributed by atoms with Crippen LogP contribution in [0.3, 0.4) is 0 Å². The van der Waals surface area contributed by atoms with Crippen LogP contribution in [0, 0.1) is 0 Å². The van der Waals surface area contributed by atoms with Gasteiger partial charge in [0.1, 0.15) is 0 Å². The van der Waals surface area contributed by atoms with Gasteiger partial charge in [-0.3, -0.25) is 14.6 Å². The molecule has 4 rings (SSSR count). The topological polar surface area (TPSA) is 65.0 Å². The zero-order valence-electron chi connectivity index (χ0n) is 14.6. The molecule has 0 aromatic heterocycles. The number of carbonyl (C=O) groups excluding carboxylic acids is 1. The van der Waals surface area contributed by atoms with Gasteiger partial charge < -0.3 is 15.2 Å². The summed E-state index contributed by atoms with van der Waals surface area (Å²) in [7, 11) is 0. The van der Waals surface area contributed by atoms with Crippen molar-refractivity contribution < 1.29 is 14.6 Å². The fourth-order valence-electron chi connectivity index (χ4n) is 3.67. The molecule has 0 saturated carbocycles. The number of fused-ring (bicyclic) bond motifs is 2.